The van der Waals surface area contributed by atoms with Gasteiger partial charge in [0.1, 0.15) is 29.9 Å². The molecule has 6 aliphatic heterocycles. The molecule has 1 aromatic heterocycles. The van der Waals surface area contributed by atoms with E-state index in [4.69, 9.17) is 80.7 Å². The molecule has 7 aromatic carbocycles. The molecule has 33 nitrogen and oxygen atoms in total. The number of nitrogens with zero attached hydrogens (tertiary/aromatic N) is 6. The summed E-state index contributed by atoms with van der Waals surface area (Å²) in [5.41, 5.74) is 5.08. The molecule has 6 aliphatic carbocycles. The molecule has 12 atom stereocenters. The van der Waals surface area contributed by atoms with Crippen LogP contribution in [0.25, 0.3) is 43.2 Å². The number of halogens is 4. The molecule has 8 fully saturated rings. The fourth-order valence-electron chi connectivity index (χ4n) is 23.5. The van der Waals surface area contributed by atoms with Gasteiger partial charge in [-0.2, -0.15) is 0 Å². The minimum atomic E-state index is -3.97. The number of nitrogens with one attached hydrogen (secondary N) is 7. The molecular weight excluding hydrogens is 2180 g/mol. The van der Waals surface area contributed by atoms with Crippen LogP contribution in [-0.2, 0) is 167 Å². The van der Waals surface area contributed by atoms with Crippen LogP contribution in [-0.4, -0.2) is 218 Å². The zero-order valence-electron chi connectivity index (χ0n) is 82.4. The molecule has 43 heteroatoms. The van der Waals surface area contributed by atoms with Crippen LogP contribution in [0.4, 0.5) is 34.1 Å². The number of rotatable bonds is 36. The normalized spacial score (nSPS) is 24.3. The van der Waals surface area contributed by atoms with E-state index in [0.717, 1.165) is 73.5 Å². The monoisotopic (exact) mass is 2300 g/mol. The van der Waals surface area contributed by atoms with E-state index in [2.05, 4.69) is 36.9 Å². The average molecular weight is 2300 g/mol. The summed E-state index contributed by atoms with van der Waals surface area (Å²) in [4.78, 5) is 221. The van der Waals surface area contributed by atoms with Crippen LogP contribution in [0.15, 0.2) is 103 Å². The number of H-pyrrole nitrogens is 1. The van der Waals surface area contributed by atoms with Crippen molar-refractivity contribution < 1.29 is 161 Å². The molecule has 6 saturated carbocycles. The summed E-state index contributed by atoms with van der Waals surface area (Å²) in [6, 6.07) is 25.4. The maximum absolute atomic E-state index is 14.9. The fourth-order valence-corrected chi connectivity index (χ4v) is 26.0. The Labute approximate surface area is 926 Å². The van der Waals surface area contributed by atoms with Gasteiger partial charge in [0, 0.05) is 242 Å². The first-order valence-corrected chi connectivity index (χ1v) is 56.1. The van der Waals surface area contributed by atoms with Crippen molar-refractivity contribution in [3.8, 4) is 11.5 Å². The molecule has 14 amide bonds. The number of amides is 14. The van der Waals surface area contributed by atoms with Crippen molar-refractivity contribution in [1.29, 1.82) is 0 Å². The number of fused-ring (bicyclic) bond motifs is 12. The first-order valence-electron chi connectivity index (χ1n) is 48.9. The molecule has 9 N–H and O–H groups in total. The summed E-state index contributed by atoms with van der Waals surface area (Å²) < 4.78 is 36.1. The van der Waals surface area contributed by atoms with Crippen LogP contribution >= 0.6 is 61.6 Å². The summed E-state index contributed by atoms with van der Waals surface area (Å²) in [7, 11) is -7.93. The first-order chi connectivity index (χ1) is 68.3. The summed E-state index contributed by atoms with van der Waals surface area (Å²) in [5.74, 6) is -4.64. The van der Waals surface area contributed by atoms with Crippen molar-refractivity contribution in [1.82, 2.24) is 36.1 Å². The Morgan fingerprint density at radius 3 is 1.10 bits per heavy atom. The maximum atomic E-state index is 14.9. The van der Waals surface area contributed by atoms with Gasteiger partial charge in [-0.05, 0) is 153 Å². The molecule has 146 heavy (non-hydrogen) atoms. The topological polar surface area (TPSA) is 439 Å². The molecule has 0 spiro atoms. The second kappa shape index (κ2) is 44.3. The molecule has 4 unspecified atom stereocenters. The summed E-state index contributed by atoms with van der Waals surface area (Å²) in [6.45, 7) is 16.2. The number of carbonyl (C=O) groups is 14. The number of aromatic nitrogens is 1. The number of hydrogen-bond donors (Lipinski definition) is 9. The molecule has 8 aromatic rings. The van der Waals surface area contributed by atoms with Crippen LogP contribution in [0.5, 0.6) is 11.5 Å². The molecule has 7 heterocycles. The van der Waals surface area contributed by atoms with E-state index in [1.807, 2.05) is 79.7 Å². The van der Waals surface area contributed by atoms with Crippen LogP contribution in [0.3, 0.4) is 0 Å². The largest absolute Gasteiger partial charge is 0.779 e. The number of alkyl halides is 4. The maximum Gasteiger partial charge on any atom is 0.373 e. The van der Waals surface area contributed by atoms with Crippen LogP contribution in [0.1, 0.15) is 196 Å². The third-order valence-electron chi connectivity index (χ3n) is 30.4. The number of unbranched alkanes of at least 4 members (excludes halogenated alkanes) is 4. The van der Waals surface area contributed by atoms with Gasteiger partial charge in [-0.3, -0.25) is 76.9 Å². The van der Waals surface area contributed by atoms with E-state index in [0.29, 0.717) is 148 Å². The number of benzene rings is 7. The number of aromatic amines is 1. The van der Waals surface area contributed by atoms with Crippen molar-refractivity contribution in [2.24, 2.45) is 33.5 Å². The summed E-state index contributed by atoms with van der Waals surface area (Å²) >= 11 is 36.4. The number of hydrogen-bond acceptors (Lipinski definition) is 20. The Kier molecular flexibility index (Phi) is 34.0. The minimum absolute atomic E-state index is 0. The molecule has 12 aliphatic rings. The van der Waals surface area contributed by atoms with E-state index in [9.17, 15) is 86.0 Å². The zero-order chi connectivity index (χ0) is 103. The SMILES string of the molecule is CC(C)[C@H](NC(=O)CCCCCN1C(=O)CC([S-])C1=O)C(=O)N[C@@H](C)C(=O)Nc1cc2c(c3ccccc13)[C@H](CCl)CN2C(=O)C12CC(C(=O)N3C[C@@H](CCl)c4c3cc(OP(C)(=O)O)c3ccccc43)(C1)C2.Cc1c[nH]c2c(OP(C)(=O)O)cc3c(c12)[C@H](CCl)CN3C(=O)C12CC(C(=O)N3C[C@@H](CCl)c4c3cc(NC(=O)[C@H](C)NC(=O)[C@@H](NC(=O)CCCCCN3C(=O)CC([S-])C3=O)C(C)C)c3ccccc43)(C1)C2.[Y].[Y]. The smallest absolute Gasteiger partial charge is 0.373 e. The Morgan fingerprint density at radius 1 is 0.445 bits per heavy atom. The zero-order valence-corrected chi connectivity index (χ0v) is 94.6. The van der Waals surface area contributed by atoms with Gasteiger partial charge in [-0.25, -0.2) is 9.13 Å². The van der Waals surface area contributed by atoms with E-state index in [-0.39, 0.29) is 234 Å². The summed E-state index contributed by atoms with van der Waals surface area (Å²) in [6.07, 6.45) is 7.38. The van der Waals surface area contributed by atoms with E-state index in [1.165, 1.54) is 9.80 Å². The molecule has 4 bridgehead atoms. The number of likely N-dealkylation sites (tertiary alicyclic amines) is 2. The number of carbonyl (C=O) groups excluding carboxylic acids is 14. The number of imide groups is 2. The van der Waals surface area contributed by atoms with Gasteiger partial charge in [-0.15, -0.1) is 46.4 Å². The van der Waals surface area contributed by atoms with E-state index in [1.54, 1.807) is 91.6 Å². The van der Waals surface area contributed by atoms with Crippen LogP contribution < -0.4 is 60.5 Å². The van der Waals surface area contributed by atoms with Gasteiger partial charge in [0.25, 0.3) is 0 Å². The minimum Gasteiger partial charge on any atom is -0.779 e. The average Bonchev–Trinajstić information content (AvgIpc) is 1.00. The van der Waals surface area contributed by atoms with Crippen molar-refractivity contribution in [2.75, 3.05) is 106 Å². The Hall–Kier alpha value is -8.11. The molecule has 20 rings (SSSR count). The summed E-state index contributed by atoms with van der Waals surface area (Å²) in [5, 5.41) is 21.0. The van der Waals surface area contributed by atoms with Gasteiger partial charge < -0.3 is 101 Å². The molecule has 2 saturated heterocycles. The van der Waals surface area contributed by atoms with Gasteiger partial charge in [-0.1, -0.05) is 124 Å². The standard InChI is InChI=1S/C52H59Cl2N6O10PS.C51H60Cl2N7O10PS.2Y/c1-28(2)45(57-41(61)16-6-5-11-17-58-42(62)20-40(72)48(58)65)47(64)55-29(3)46(63)56-36-18-37-43(34-14-9-7-12-32(34)36)30(21-53)23-59(37)49(66)51-25-52(26-51,27-51)50(67)60-24-31(22-54)44-35-15-10-8-13-33(35)39(19-38(44)60)70-71(4,68)69;1-26(2)43(57-38(61)13-7-6-10-14-58-39(62)17-37(72)47(58)65)46(64)55-28(4)45(63)56-33-15-34-41(32-12-9-8-11-31(32)33)29(18-52)21-59(34)48(66)50-23-51(24-50,25-50)49(67)60-22-30(19-53)42-35(60)16-36(70-71(5,68)69)44-40(42)27(3)20-54-44;;/h7-10,12-15,18-19,28-31,40,45,72H,5-6,11,16-17,20-27H2,1-4H3,(H,55,64)(H,56,63)(H,57,61)(H,68,69);8-9,11-12,15-16,20,26,28-30,37,43,54,72H,6-7,10,13-14,17-19,21-25H2,1-5H3,(H,55,64)(H,56,63)(H,57,61)(H,68,69);;/p-2/t29-,30+,31+,40?,45-,51?,52?;28-,29+,30+,37?,43-,50?,51?;;/m00../s1. The van der Waals surface area contributed by atoms with Gasteiger partial charge in [0.2, 0.25) is 82.7 Å². The van der Waals surface area contributed by atoms with Gasteiger partial charge >= 0.3 is 15.2 Å². The quantitative estimate of drug-likeness (QED) is 0.00579. The van der Waals surface area contributed by atoms with Crippen molar-refractivity contribution in [2.45, 2.75) is 210 Å². The van der Waals surface area contributed by atoms with E-state index < -0.39 is 95.1 Å². The molecular formula is C103H117Cl4N13O20P2S2Y2-2. The number of anilines is 6. The first kappa shape index (κ1) is 112. The van der Waals surface area contributed by atoms with E-state index >= 15 is 0 Å². The number of aryl methyl sites for hydroxylation is 1. The van der Waals surface area contributed by atoms with Gasteiger partial charge in [0.15, 0.2) is 5.75 Å². The molecule has 2 radical (unpaired) electrons. The van der Waals surface area contributed by atoms with Crippen molar-refractivity contribution in [3.05, 3.63) is 131 Å². The third-order valence-corrected chi connectivity index (χ3v) is 33.7. The molecule has 772 valence electrons. The Bertz CT molecular complexity index is 6750. The van der Waals surface area contributed by atoms with Crippen molar-refractivity contribution in [3.63, 3.8) is 0 Å². The third kappa shape index (κ3) is 21.4. The fraction of sp³-hybridized carbons (Fsp3) is 0.495. The second-order valence-corrected chi connectivity index (χ2v) is 47.5. The predicted octanol–water partition coefficient (Wildman–Crippen LogP) is 14.1. The van der Waals surface area contributed by atoms with Crippen molar-refractivity contribution >= 4 is 247 Å². The predicted molar refractivity (Wildman–Crippen MR) is 556 cm³/mol. The Morgan fingerprint density at radius 2 is 0.760 bits per heavy atom. The second-order valence-electron chi connectivity index (χ2n) is 41.5. The van der Waals surface area contributed by atoms with Crippen LogP contribution in [0.2, 0.25) is 0 Å². The van der Waals surface area contributed by atoms with Gasteiger partial charge in [0.05, 0.1) is 49.9 Å². The van der Waals surface area contributed by atoms with Crippen LogP contribution in [0, 0.1) is 40.4 Å². The Balaban J connectivity index is 0.000000216.